The molecule has 0 fully saturated rings. The zero-order valence-corrected chi connectivity index (χ0v) is 12.0. The first-order valence-electron chi connectivity index (χ1n) is 6.60. The van der Waals surface area contributed by atoms with Crippen molar-refractivity contribution in [1.82, 2.24) is 0 Å². The molecule has 0 saturated carbocycles. The summed E-state index contributed by atoms with van der Waals surface area (Å²) in [6, 6.07) is 12.8. The molecule has 1 atom stereocenters. The molecule has 0 bridgehead atoms. The first-order chi connectivity index (χ1) is 9.45. The largest absolute Gasteiger partial charge is 0.479 e. The monoisotopic (exact) mass is 269 g/mol. The first kappa shape index (κ1) is 14.1. The quantitative estimate of drug-likeness (QED) is 0.886. The fraction of sp³-hybridized carbons (Fsp3) is 0.235. The Kier molecular flexibility index (Phi) is 4.08. The van der Waals surface area contributed by atoms with E-state index in [9.17, 15) is 9.90 Å². The average molecular weight is 269 g/mol. The lowest BCUT2D eigenvalue weighted by Gasteiger charge is -2.17. The molecule has 0 amide bonds. The van der Waals surface area contributed by atoms with Crippen LogP contribution in [0.1, 0.15) is 28.3 Å². The predicted molar refractivity (Wildman–Crippen MR) is 81.1 cm³/mol. The van der Waals surface area contributed by atoms with Crippen LogP contribution < -0.4 is 5.32 Å². The second kappa shape index (κ2) is 5.78. The van der Waals surface area contributed by atoms with Gasteiger partial charge in [-0.2, -0.15) is 0 Å². The van der Waals surface area contributed by atoms with Gasteiger partial charge >= 0.3 is 5.97 Å². The van der Waals surface area contributed by atoms with Crippen molar-refractivity contribution in [3.05, 3.63) is 64.7 Å². The highest BCUT2D eigenvalue weighted by atomic mass is 16.4. The number of carboxylic acids is 1. The number of aliphatic carboxylic acids is 1. The van der Waals surface area contributed by atoms with Crippen LogP contribution in [0.4, 0.5) is 5.69 Å². The molecule has 2 rings (SSSR count). The fourth-order valence-electron chi connectivity index (χ4n) is 2.37. The maximum atomic E-state index is 11.5. The zero-order chi connectivity index (χ0) is 14.7. The van der Waals surface area contributed by atoms with E-state index in [1.165, 1.54) is 0 Å². The lowest BCUT2D eigenvalue weighted by atomic mass is 10.0. The van der Waals surface area contributed by atoms with E-state index >= 15 is 0 Å². The van der Waals surface area contributed by atoms with Crippen LogP contribution in [0.3, 0.4) is 0 Å². The van der Waals surface area contributed by atoms with Crippen molar-refractivity contribution in [1.29, 1.82) is 0 Å². The second-order valence-corrected chi connectivity index (χ2v) is 5.21. The van der Waals surface area contributed by atoms with Gasteiger partial charge in [-0.3, -0.25) is 0 Å². The Bertz CT molecular complexity index is 614. The highest BCUT2D eigenvalue weighted by molar-refractivity contribution is 5.79. The van der Waals surface area contributed by atoms with Gasteiger partial charge in [-0.15, -0.1) is 0 Å². The Labute approximate surface area is 119 Å². The zero-order valence-electron chi connectivity index (χ0n) is 12.0. The summed E-state index contributed by atoms with van der Waals surface area (Å²) in [6.07, 6.45) is 0. The van der Waals surface area contributed by atoms with Crippen LogP contribution in [0.15, 0.2) is 42.5 Å². The molecule has 0 aromatic heterocycles. The maximum Gasteiger partial charge on any atom is 0.330 e. The van der Waals surface area contributed by atoms with Crippen molar-refractivity contribution in [3.63, 3.8) is 0 Å². The van der Waals surface area contributed by atoms with E-state index in [1.54, 1.807) is 0 Å². The van der Waals surface area contributed by atoms with Gasteiger partial charge in [0.25, 0.3) is 0 Å². The van der Waals surface area contributed by atoms with Gasteiger partial charge in [0.2, 0.25) is 0 Å². The minimum absolute atomic E-state index is 0.740. The summed E-state index contributed by atoms with van der Waals surface area (Å²) in [4.78, 5) is 11.5. The number of aryl methyl sites for hydroxylation is 3. The average Bonchev–Trinajstić information content (AvgIpc) is 2.34. The summed E-state index contributed by atoms with van der Waals surface area (Å²) in [5.41, 5.74) is 4.82. The number of benzene rings is 2. The van der Waals surface area contributed by atoms with Crippen LogP contribution in [0.5, 0.6) is 0 Å². The van der Waals surface area contributed by atoms with E-state index in [0.29, 0.717) is 0 Å². The molecule has 0 aliphatic heterocycles. The molecule has 2 aromatic rings. The van der Waals surface area contributed by atoms with Crippen LogP contribution in [0, 0.1) is 20.8 Å². The first-order valence-corrected chi connectivity index (χ1v) is 6.60. The van der Waals surface area contributed by atoms with Gasteiger partial charge in [0, 0.05) is 5.69 Å². The van der Waals surface area contributed by atoms with Crippen LogP contribution in [-0.4, -0.2) is 11.1 Å². The smallest absolute Gasteiger partial charge is 0.330 e. The lowest BCUT2D eigenvalue weighted by Crippen LogP contribution is -2.20. The number of rotatable bonds is 4. The van der Waals surface area contributed by atoms with Gasteiger partial charge in [-0.1, -0.05) is 41.5 Å². The third kappa shape index (κ3) is 3.38. The normalized spacial score (nSPS) is 11.9. The Morgan fingerprint density at radius 1 is 1.00 bits per heavy atom. The van der Waals surface area contributed by atoms with E-state index in [2.05, 4.69) is 5.32 Å². The van der Waals surface area contributed by atoms with Gasteiger partial charge in [0.1, 0.15) is 0 Å². The lowest BCUT2D eigenvalue weighted by molar-refractivity contribution is -0.138. The van der Waals surface area contributed by atoms with Gasteiger partial charge in [0.05, 0.1) is 0 Å². The molecule has 2 N–H and O–H groups in total. The van der Waals surface area contributed by atoms with Gasteiger partial charge in [0.15, 0.2) is 6.04 Å². The molecular weight excluding hydrogens is 250 g/mol. The fourth-order valence-corrected chi connectivity index (χ4v) is 2.37. The minimum atomic E-state index is -0.878. The summed E-state index contributed by atoms with van der Waals surface area (Å²) in [6.45, 7) is 5.93. The number of hydrogen-bond acceptors (Lipinski definition) is 2. The second-order valence-electron chi connectivity index (χ2n) is 5.21. The molecule has 0 aliphatic carbocycles. The number of anilines is 1. The van der Waals surface area contributed by atoms with Crippen LogP contribution in [-0.2, 0) is 4.79 Å². The molecule has 20 heavy (non-hydrogen) atoms. The molecule has 0 radical (unpaired) electrons. The van der Waals surface area contributed by atoms with Crippen molar-refractivity contribution in [2.24, 2.45) is 0 Å². The number of carbonyl (C=O) groups is 1. The summed E-state index contributed by atoms with van der Waals surface area (Å²) in [7, 11) is 0. The SMILES string of the molecule is Cc1cccc(NC(C(=O)O)c2cc(C)cc(C)c2)c1. The van der Waals surface area contributed by atoms with Crippen molar-refractivity contribution in [2.75, 3.05) is 5.32 Å². The van der Waals surface area contributed by atoms with E-state index in [-0.39, 0.29) is 0 Å². The molecule has 1 unspecified atom stereocenters. The van der Waals surface area contributed by atoms with Gasteiger partial charge < -0.3 is 10.4 Å². The van der Waals surface area contributed by atoms with Crippen molar-refractivity contribution in [3.8, 4) is 0 Å². The minimum Gasteiger partial charge on any atom is -0.479 e. The molecule has 0 spiro atoms. The molecular formula is C17H19NO2. The van der Waals surface area contributed by atoms with E-state index < -0.39 is 12.0 Å². The highest BCUT2D eigenvalue weighted by Gasteiger charge is 2.20. The third-order valence-electron chi connectivity index (χ3n) is 3.15. The molecule has 2 aromatic carbocycles. The summed E-state index contributed by atoms with van der Waals surface area (Å²) >= 11 is 0. The molecule has 104 valence electrons. The third-order valence-corrected chi connectivity index (χ3v) is 3.15. The highest BCUT2D eigenvalue weighted by Crippen LogP contribution is 2.22. The molecule has 0 saturated heterocycles. The number of nitrogens with one attached hydrogen (secondary N) is 1. The van der Waals surface area contributed by atoms with Gasteiger partial charge in [-0.25, -0.2) is 4.79 Å². The maximum absolute atomic E-state index is 11.5. The van der Waals surface area contributed by atoms with E-state index in [1.807, 2.05) is 63.2 Å². The molecule has 0 heterocycles. The van der Waals surface area contributed by atoms with Crippen LogP contribution >= 0.6 is 0 Å². The summed E-state index contributed by atoms with van der Waals surface area (Å²) in [5.74, 6) is -0.878. The van der Waals surface area contributed by atoms with Crippen molar-refractivity contribution >= 4 is 11.7 Å². The van der Waals surface area contributed by atoms with Gasteiger partial charge in [-0.05, 0) is 44.0 Å². The number of carboxylic acid groups (broad SMARTS) is 1. The van der Waals surface area contributed by atoms with E-state index in [0.717, 1.165) is 27.9 Å². The van der Waals surface area contributed by atoms with Crippen molar-refractivity contribution < 1.29 is 9.90 Å². The Hall–Kier alpha value is -2.29. The predicted octanol–water partition coefficient (Wildman–Crippen LogP) is 3.85. The summed E-state index contributed by atoms with van der Waals surface area (Å²) < 4.78 is 0. The number of hydrogen-bond donors (Lipinski definition) is 2. The molecule has 3 nitrogen and oxygen atoms in total. The standard InChI is InChI=1S/C17H19NO2/c1-11-5-4-6-15(10-11)18-16(17(19)20)14-8-12(2)7-13(3)9-14/h4-10,16,18H,1-3H3,(H,19,20). The summed E-state index contributed by atoms with van der Waals surface area (Å²) in [5, 5.41) is 12.6. The molecule has 0 aliphatic rings. The van der Waals surface area contributed by atoms with Crippen molar-refractivity contribution in [2.45, 2.75) is 26.8 Å². The Morgan fingerprint density at radius 3 is 2.20 bits per heavy atom. The Balaban J connectivity index is 2.34. The van der Waals surface area contributed by atoms with Crippen LogP contribution in [0.25, 0.3) is 0 Å². The topological polar surface area (TPSA) is 49.3 Å². The molecule has 3 heteroatoms. The Morgan fingerprint density at radius 2 is 1.65 bits per heavy atom. The van der Waals surface area contributed by atoms with E-state index in [4.69, 9.17) is 0 Å². The van der Waals surface area contributed by atoms with Crippen LogP contribution in [0.2, 0.25) is 0 Å².